The Labute approximate surface area is 106 Å². The summed E-state index contributed by atoms with van der Waals surface area (Å²) < 4.78 is 0. The van der Waals surface area contributed by atoms with E-state index < -0.39 is 23.8 Å². The molecule has 2 unspecified atom stereocenters. The molecule has 1 aromatic rings. The lowest BCUT2D eigenvalue weighted by molar-refractivity contribution is -0.129. The van der Waals surface area contributed by atoms with E-state index in [1.807, 2.05) is 35.2 Å². The highest BCUT2D eigenvalue weighted by atomic mass is 16.2. The van der Waals surface area contributed by atoms with Gasteiger partial charge in [0.15, 0.2) is 0 Å². The Balaban J connectivity index is 2.33. The Morgan fingerprint density at radius 1 is 1.11 bits per heavy atom. The summed E-state index contributed by atoms with van der Waals surface area (Å²) in [6, 6.07) is 8.85. The lowest BCUT2D eigenvalue weighted by atomic mass is 9.87. The van der Waals surface area contributed by atoms with Crippen molar-refractivity contribution in [1.29, 1.82) is 0 Å². The summed E-state index contributed by atoms with van der Waals surface area (Å²) in [6.45, 7) is 0.710. The first-order valence-corrected chi connectivity index (χ1v) is 6.01. The Morgan fingerprint density at radius 2 is 1.78 bits per heavy atom. The number of rotatable bonds is 3. The second kappa shape index (κ2) is 5.08. The molecule has 18 heavy (non-hydrogen) atoms. The van der Waals surface area contributed by atoms with Gasteiger partial charge in [0.05, 0.1) is 5.92 Å². The van der Waals surface area contributed by atoms with Crippen molar-refractivity contribution in [1.82, 2.24) is 0 Å². The lowest BCUT2D eigenvalue weighted by Crippen LogP contribution is -2.56. The third-order valence-electron chi connectivity index (χ3n) is 3.38. The predicted molar refractivity (Wildman–Crippen MR) is 68.7 cm³/mol. The van der Waals surface area contributed by atoms with Crippen LogP contribution in [0.4, 0.5) is 5.69 Å². The molecule has 1 saturated heterocycles. The number of nitrogens with zero attached hydrogens (tertiary/aromatic N) is 1. The second-order valence-corrected chi connectivity index (χ2v) is 4.53. The summed E-state index contributed by atoms with van der Waals surface area (Å²) in [5, 5.41) is 0. The molecule has 1 aliphatic rings. The number of primary amides is 2. The van der Waals surface area contributed by atoms with Crippen LogP contribution in [-0.2, 0) is 9.59 Å². The Bertz CT molecular complexity index is 447. The zero-order chi connectivity index (χ0) is 13.1. The van der Waals surface area contributed by atoms with Crippen molar-refractivity contribution in [3.63, 3.8) is 0 Å². The largest absolute Gasteiger partial charge is 0.369 e. The quantitative estimate of drug-likeness (QED) is 0.802. The van der Waals surface area contributed by atoms with Crippen LogP contribution < -0.4 is 16.4 Å². The molecule has 2 atom stereocenters. The Morgan fingerprint density at radius 3 is 2.33 bits per heavy atom. The van der Waals surface area contributed by atoms with Crippen LogP contribution in [0.2, 0.25) is 0 Å². The molecule has 5 nitrogen and oxygen atoms in total. The van der Waals surface area contributed by atoms with Crippen molar-refractivity contribution in [3.8, 4) is 0 Å². The summed E-state index contributed by atoms with van der Waals surface area (Å²) in [4.78, 5) is 24.9. The Hall–Kier alpha value is -2.04. The van der Waals surface area contributed by atoms with Gasteiger partial charge in [-0.2, -0.15) is 0 Å². The van der Waals surface area contributed by atoms with Crippen LogP contribution in [0.25, 0.3) is 0 Å². The zero-order valence-corrected chi connectivity index (χ0v) is 10.1. The molecule has 0 aliphatic carbocycles. The minimum atomic E-state index is -0.640. The third kappa shape index (κ3) is 2.30. The standard InChI is InChI=1S/C13H17N3O2/c14-12(17)10-7-4-8-16(11(10)13(15)18)9-5-2-1-3-6-9/h1-3,5-6,10-11H,4,7-8H2,(H2,14,17)(H2,15,18). The average molecular weight is 247 g/mol. The molecule has 1 aliphatic heterocycles. The van der Waals surface area contributed by atoms with Crippen molar-refractivity contribution < 1.29 is 9.59 Å². The molecule has 1 heterocycles. The first-order chi connectivity index (χ1) is 8.61. The topological polar surface area (TPSA) is 89.4 Å². The third-order valence-corrected chi connectivity index (χ3v) is 3.38. The van der Waals surface area contributed by atoms with E-state index in [2.05, 4.69) is 0 Å². The number of anilines is 1. The van der Waals surface area contributed by atoms with Crippen LogP contribution >= 0.6 is 0 Å². The summed E-state index contributed by atoms with van der Waals surface area (Å²) >= 11 is 0. The number of piperidine rings is 1. The van der Waals surface area contributed by atoms with Gasteiger partial charge in [-0.3, -0.25) is 9.59 Å². The number of carbonyl (C=O) groups excluding carboxylic acids is 2. The van der Waals surface area contributed by atoms with Gasteiger partial charge in [0.1, 0.15) is 6.04 Å². The number of nitrogens with two attached hydrogens (primary N) is 2. The van der Waals surface area contributed by atoms with Gasteiger partial charge < -0.3 is 16.4 Å². The maximum atomic E-state index is 11.6. The molecule has 0 saturated carbocycles. The van der Waals surface area contributed by atoms with Crippen LogP contribution in [0, 0.1) is 5.92 Å². The minimum absolute atomic E-state index is 0.459. The molecular formula is C13H17N3O2. The van der Waals surface area contributed by atoms with Crippen LogP contribution in [0.5, 0.6) is 0 Å². The fraction of sp³-hybridized carbons (Fsp3) is 0.385. The van der Waals surface area contributed by atoms with Crippen LogP contribution in [0.15, 0.2) is 30.3 Å². The molecule has 2 amide bonds. The number of para-hydroxylation sites is 1. The highest BCUT2D eigenvalue weighted by Crippen LogP contribution is 2.28. The first-order valence-electron chi connectivity index (χ1n) is 6.01. The minimum Gasteiger partial charge on any atom is -0.369 e. The van der Waals surface area contributed by atoms with Gasteiger partial charge in [-0.05, 0) is 25.0 Å². The van der Waals surface area contributed by atoms with E-state index in [-0.39, 0.29) is 0 Å². The predicted octanol–water partition coefficient (Wildman–Crippen LogP) is 0.242. The number of hydrogen-bond acceptors (Lipinski definition) is 3. The Kier molecular flexibility index (Phi) is 3.50. The van der Waals surface area contributed by atoms with E-state index in [0.717, 1.165) is 12.1 Å². The van der Waals surface area contributed by atoms with Gasteiger partial charge in [0, 0.05) is 12.2 Å². The van der Waals surface area contributed by atoms with Gasteiger partial charge in [-0.1, -0.05) is 18.2 Å². The van der Waals surface area contributed by atoms with Crippen molar-refractivity contribution in [2.75, 3.05) is 11.4 Å². The van der Waals surface area contributed by atoms with E-state index in [4.69, 9.17) is 11.5 Å². The molecular weight excluding hydrogens is 230 g/mol. The highest BCUT2D eigenvalue weighted by molar-refractivity contribution is 5.91. The smallest absolute Gasteiger partial charge is 0.240 e. The van der Waals surface area contributed by atoms with Crippen molar-refractivity contribution >= 4 is 17.5 Å². The van der Waals surface area contributed by atoms with Crippen LogP contribution in [-0.4, -0.2) is 24.4 Å². The van der Waals surface area contributed by atoms with E-state index in [1.54, 1.807) is 0 Å². The van der Waals surface area contributed by atoms with Gasteiger partial charge in [-0.15, -0.1) is 0 Å². The van der Waals surface area contributed by atoms with Gasteiger partial charge >= 0.3 is 0 Å². The summed E-state index contributed by atoms with van der Waals surface area (Å²) in [6.07, 6.45) is 1.44. The molecule has 1 fully saturated rings. The number of carbonyl (C=O) groups is 2. The second-order valence-electron chi connectivity index (χ2n) is 4.53. The summed E-state index contributed by atoms with van der Waals surface area (Å²) in [5.41, 5.74) is 11.7. The van der Waals surface area contributed by atoms with Gasteiger partial charge in [0.2, 0.25) is 11.8 Å². The number of amides is 2. The average Bonchev–Trinajstić information content (AvgIpc) is 2.38. The zero-order valence-electron chi connectivity index (χ0n) is 10.1. The summed E-state index contributed by atoms with van der Waals surface area (Å²) in [7, 11) is 0. The fourth-order valence-electron chi connectivity index (χ4n) is 2.55. The summed E-state index contributed by atoms with van der Waals surface area (Å²) in [5.74, 6) is -1.46. The van der Waals surface area contributed by atoms with Gasteiger partial charge in [0.25, 0.3) is 0 Å². The van der Waals surface area contributed by atoms with E-state index >= 15 is 0 Å². The molecule has 0 aromatic heterocycles. The number of benzene rings is 1. The van der Waals surface area contributed by atoms with Crippen molar-refractivity contribution in [2.24, 2.45) is 17.4 Å². The highest BCUT2D eigenvalue weighted by Gasteiger charge is 2.38. The SMILES string of the molecule is NC(=O)C1CCCN(c2ccccc2)C1C(N)=O. The fourth-order valence-corrected chi connectivity index (χ4v) is 2.55. The van der Waals surface area contributed by atoms with E-state index in [9.17, 15) is 9.59 Å². The van der Waals surface area contributed by atoms with Gasteiger partial charge in [-0.25, -0.2) is 0 Å². The molecule has 0 bridgehead atoms. The maximum absolute atomic E-state index is 11.6. The van der Waals surface area contributed by atoms with Crippen molar-refractivity contribution in [2.45, 2.75) is 18.9 Å². The monoisotopic (exact) mass is 247 g/mol. The van der Waals surface area contributed by atoms with E-state index in [1.165, 1.54) is 0 Å². The van der Waals surface area contributed by atoms with Crippen LogP contribution in [0.3, 0.4) is 0 Å². The van der Waals surface area contributed by atoms with Crippen molar-refractivity contribution in [3.05, 3.63) is 30.3 Å². The normalized spacial score (nSPS) is 23.7. The molecule has 2 rings (SSSR count). The van der Waals surface area contributed by atoms with Crippen LogP contribution in [0.1, 0.15) is 12.8 Å². The molecule has 5 heteroatoms. The molecule has 0 radical (unpaired) electrons. The van der Waals surface area contributed by atoms with E-state index in [0.29, 0.717) is 13.0 Å². The molecule has 4 N–H and O–H groups in total. The lowest BCUT2D eigenvalue weighted by Gasteiger charge is -2.39. The first kappa shape index (κ1) is 12.4. The number of hydrogen-bond donors (Lipinski definition) is 2. The molecule has 0 spiro atoms. The molecule has 96 valence electrons. The molecule has 1 aromatic carbocycles. The maximum Gasteiger partial charge on any atom is 0.240 e.